The molecule has 0 saturated heterocycles. The van der Waals surface area contributed by atoms with E-state index in [-0.39, 0.29) is 17.4 Å². The van der Waals surface area contributed by atoms with Crippen LogP contribution in [0.15, 0.2) is 72.8 Å². The lowest BCUT2D eigenvalue weighted by molar-refractivity contribution is -0.286. The summed E-state index contributed by atoms with van der Waals surface area (Å²) in [7, 11) is -3.47. The molecule has 4 aromatic rings. The Balaban J connectivity index is 1.32. The van der Waals surface area contributed by atoms with Crippen LogP contribution in [0.4, 0.5) is 14.6 Å². The smallest absolute Gasteiger partial charge is 0.395 e. The molecule has 39 heavy (non-hydrogen) atoms. The molecule has 1 fully saturated rings. The minimum Gasteiger partial charge on any atom is -0.395 e. The first kappa shape index (κ1) is 25.2. The maximum absolute atomic E-state index is 13.5. The van der Waals surface area contributed by atoms with Crippen molar-refractivity contribution in [3.63, 3.8) is 0 Å². The van der Waals surface area contributed by atoms with Crippen molar-refractivity contribution in [2.75, 3.05) is 11.6 Å². The molecule has 11 heteroatoms. The number of halogens is 2. The van der Waals surface area contributed by atoms with Gasteiger partial charge in [0.05, 0.1) is 11.1 Å². The topological polar surface area (TPSA) is 121 Å². The van der Waals surface area contributed by atoms with Crippen molar-refractivity contribution in [1.29, 1.82) is 0 Å². The van der Waals surface area contributed by atoms with E-state index in [9.17, 15) is 22.0 Å². The quantitative estimate of drug-likeness (QED) is 0.350. The van der Waals surface area contributed by atoms with Crippen LogP contribution >= 0.6 is 0 Å². The van der Waals surface area contributed by atoms with Gasteiger partial charge < -0.3 is 20.5 Å². The molecule has 2 heterocycles. The van der Waals surface area contributed by atoms with E-state index in [1.165, 1.54) is 12.1 Å². The first-order chi connectivity index (χ1) is 18.5. The molecule has 8 nitrogen and oxygen atoms in total. The van der Waals surface area contributed by atoms with E-state index >= 15 is 0 Å². The van der Waals surface area contributed by atoms with Crippen LogP contribution in [0.3, 0.4) is 0 Å². The first-order valence-electron chi connectivity index (χ1n) is 12.1. The summed E-state index contributed by atoms with van der Waals surface area (Å²) >= 11 is 0. The number of aromatic nitrogens is 1. The molecule has 3 N–H and O–H groups in total. The Morgan fingerprint density at radius 2 is 1.69 bits per heavy atom. The SMILES string of the molecule is CS(=O)(=O)C(N)c1ccc(-c2nc(NC(=O)C3(c4ccc5c(c4)OC(F)(F)O5)CC3)cc3ccccc23)cc1. The molecule has 200 valence electrons. The number of nitrogens with one attached hydrogen (secondary N) is 1. The molecule has 1 aliphatic heterocycles. The van der Waals surface area contributed by atoms with Gasteiger partial charge in [0.15, 0.2) is 21.3 Å². The first-order valence-corrected chi connectivity index (χ1v) is 14.1. The van der Waals surface area contributed by atoms with Crippen molar-refractivity contribution in [2.45, 2.75) is 29.9 Å². The number of benzene rings is 3. The largest absolute Gasteiger partial charge is 0.586 e. The van der Waals surface area contributed by atoms with Crippen LogP contribution in [0, 0.1) is 0 Å². The van der Waals surface area contributed by atoms with E-state index < -0.39 is 26.9 Å². The maximum Gasteiger partial charge on any atom is 0.586 e. The molecular weight excluding hydrogens is 528 g/mol. The normalized spacial score (nSPS) is 17.5. The van der Waals surface area contributed by atoms with E-state index in [1.807, 2.05) is 24.3 Å². The van der Waals surface area contributed by atoms with E-state index in [0.717, 1.165) is 17.0 Å². The van der Waals surface area contributed by atoms with Gasteiger partial charge in [0, 0.05) is 17.2 Å². The Bertz CT molecular complexity index is 1740. The number of ether oxygens (including phenoxy) is 2. The number of hydrogen-bond donors (Lipinski definition) is 2. The average Bonchev–Trinajstić information content (AvgIpc) is 3.64. The molecule has 1 atom stereocenters. The van der Waals surface area contributed by atoms with Crippen molar-refractivity contribution < 1.29 is 31.5 Å². The molecule has 1 amide bonds. The highest BCUT2D eigenvalue weighted by Gasteiger charge is 2.53. The Morgan fingerprint density at radius 3 is 2.38 bits per heavy atom. The Kier molecular flexibility index (Phi) is 5.63. The Labute approximate surface area is 222 Å². The molecule has 1 aliphatic carbocycles. The van der Waals surface area contributed by atoms with Crippen LogP contribution in [-0.4, -0.2) is 31.9 Å². The second kappa shape index (κ2) is 8.72. The number of rotatable bonds is 6. The maximum atomic E-state index is 13.5. The van der Waals surface area contributed by atoms with Crippen LogP contribution in [0.1, 0.15) is 29.3 Å². The van der Waals surface area contributed by atoms with Crippen LogP contribution in [0.25, 0.3) is 22.0 Å². The summed E-state index contributed by atoms with van der Waals surface area (Å²) in [6.45, 7) is 0. The van der Waals surface area contributed by atoms with E-state index in [4.69, 9.17) is 10.7 Å². The number of nitrogens with zero attached hydrogens (tertiary/aromatic N) is 1. The van der Waals surface area contributed by atoms with Gasteiger partial charge in [-0.3, -0.25) is 4.79 Å². The molecule has 6 rings (SSSR count). The molecule has 1 aromatic heterocycles. The lowest BCUT2D eigenvalue weighted by atomic mass is 9.94. The van der Waals surface area contributed by atoms with E-state index in [0.29, 0.717) is 41.0 Å². The van der Waals surface area contributed by atoms with Gasteiger partial charge in [0.1, 0.15) is 11.2 Å². The number of amides is 1. The molecule has 0 spiro atoms. The van der Waals surface area contributed by atoms with Crippen LogP contribution in [-0.2, 0) is 20.0 Å². The number of carbonyl (C=O) groups is 1. The second-order valence-electron chi connectivity index (χ2n) is 9.81. The van der Waals surface area contributed by atoms with Gasteiger partial charge in [-0.05, 0) is 47.6 Å². The fourth-order valence-electron chi connectivity index (χ4n) is 4.82. The predicted molar refractivity (Wildman–Crippen MR) is 141 cm³/mol. The van der Waals surface area contributed by atoms with Crippen molar-refractivity contribution in [2.24, 2.45) is 5.73 Å². The second-order valence-corrected chi connectivity index (χ2v) is 12.0. The highest BCUT2D eigenvalue weighted by atomic mass is 32.2. The number of fused-ring (bicyclic) bond motifs is 2. The number of pyridine rings is 1. The van der Waals surface area contributed by atoms with E-state index in [2.05, 4.69) is 14.8 Å². The van der Waals surface area contributed by atoms with Gasteiger partial charge >= 0.3 is 6.29 Å². The minimum atomic E-state index is -3.74. The lowest BCUT2D eigenvalue weighted by Gasteiger charge is -2.17. The van der Waals surface area contributed by atoms with Gasteiger partial charge in [-0.25, -0.2) is 13.4 Å². The number of carbonyl (C=O) groups excluding carboxylic acids is 1. The zero-order valence-electron chi connectivity index (χ0n) is 20.6. The monoisotopic (exact) mass is 551 g/mol. The van der Waals surface area contributed by atoms with Gasteiger partial charge in [-0.2, -0.15) is 0 Å². The fraction of sp³-hybridized carbons (Fsp3) is 0.214. The fourth-order valence-corrected chi connectivity index (χ4v) is 5.47. The summed E-state index contributed by atoms with van der Waals surface area (Å²) in [6.07, 6.45) is -1.58. The highest BCUT2D eigenvalue weighted by molar-refractivity contribution is 7.90. The van der Waals surface area contributed by atoms with Crippen molar-refractivity contribution in [3.05, 3.63) is 83.9 Å². The van der Waals surface area contributed by atoms with Crippen LogP contribution in [0.5, 0.6) is 11.5 Å². The third-order valence-electron chi connectivity index (χ3n) is 7.09. The third kappa shape index (κ3) is 4.57. The number of alkyl halides is 2. The van der Waals surface area contributed by atoms with Crippen molar-refractivity contribution >= 4 is 32.3 Å². The number of anilines is 1. The summed E-state index contributed by atoms with van der Waals surface area (Å²) in [5.41, 5.74) is 7.28. The summed E-state index contributed by atoms with van der Waals surface area (Å²) in [4.78, 5) is 18.2. The molecule has 1 saturated carbocycles. The molecular formula is C28H23F2N3O5S. The number of hydrogen-bond acceptors (Lipinski definition) is 7. The van der Waals surface area contributed by atoms with E-state index in [1.54, 1.807) is 36.4 Å². The van der Waals surface area contributed by atoms with Crippen molar-refractivity contribution in [3.8, 4) is 22.8 Å². The number of nitrogens with two attached hydrogens (primary N) is 1. The highest BCUT2D eigenvalue weighted by Crippen LogP contribution is 2.52. The van der Waals surface area contributed by atoms with Gasteiger partial charge in [-0.1, -0.05) is 54.6 Å². The molecule has 3 aromatic carbocycles. The summed E-state index contributed by atoms with van der Waals surface area (Å²) in [5.74, 6) is -0.175. The zero-order valence-corrected chi connectivity index (χ0v) is 21.5. The standard InChI is InChI=1S/C28H23F2N3O5S/c1-39(35,36)25(31)17-8-6-16(7-9-17)24-20-5-3-2-4-18(20)14-23(32-24)33-26(34)27(12-13-27)19-10-11-21-22(15-19)38-28(29,30)37-21/h2-11,14-15,25H,12-13,31H2,1H3,(H,32,33,34). The number of sulfone groups is 1. The van der Waals surface area contributed by atoms with Gasteiger partial charge in [0.25, 0.3) is 0 Å². The third-order valence-corrected chi connectivity index (χ3v) is 8.29. The molecule has 2 aliphatic rings. The Hall–Kier alpha value is -4.09. The average molecular weight is 552 g/mol. The summed E-state index contributed by atoms with van der Waals surface area (Å²) in [6, 6.07) is 20.5. The summed E-state index contributed by atoms with van der Waals surface area (Å²) < 4.78 is 59.7. The van der Waals surface area contributed by atoms with Gasteiger partial charge in [-0.15, -0.1) is 8.78 Å². The predicted octanol–water partition coefficient (Wildman–Crippen LogP) is 4.90. The van der Waals surface area contributed by atoms with Crippen LogP contribution in [0.2, 0.25) is 0 Å². The lowest BCUT2D eigenvalue weighted by Crippen LogP contribution is -2.28. The minimum absolute atomic E-state index is 0.0793. The van der Waals surface area contributed by atoms with Crippen LogP contribution < -0.4 is 20.5 Å². The Morgan fingerprint density at radius 1 is 1.00 bits per heavy atom. The van der Waals surface area contributed by atoms with Gasteiger partial charge in [0.2, 0.25) is 5.91 Å². The summed E-state index contributed by atoms with van der Waals surface area (Å²) in [5, 5.41) is 3.45. The zero-order chi connectivity index (χ0) is 27.6. The molecule has 1 unspecified atom stereocenters. The molecule has 0 radical (unpaired) electrons. The molecule has 0 bridgehead atoms. The van der Waals surface area contributed by atoms with Crippen molar-refractivity contribution in [1.82, 2.24) is 4.98 Å².